The normalized spacial score (nSPS) is 10.9. The second-order valence-corrected chi connectivity index (χ2v) is 3.47. The zero-order chi connectivity index (χ0) is 8.69. The maximum atomic E-state index is 9.94. The second-order valence-electron chi connectivity index (χ2n) is 1.57. The molecule has 0 heterocycles. The maximum absolute atomic E-state index is 9.94. The van der Waals surface area contributed by atoms with Crippen LogP contribution < -0.4 is 0 Å². The molecule has 0 bridgehead atoms. The maximum Gasteiger partial charge on any atom is 0.341 e. The van der Waals surface area contributed by atoms with Crippen molar-refractivity contribution in [3.63, 3.8) is 0 Å². The van der Waals surface area contributed by atoms with Crippen LogP contribution in [-0.2, 0) is 18.3 Å². The molecule has 0 aromatic rings. The van der Waals surface area contributed by atoms with Crippen molar-refractivity contribution in [1.29, 1.82) is 0 Å². The smallest absolute Gasteiger partial charge is 0.237 e. The van der Waals surface area contributed by atoms with Gasteiger partial charge in [0.1, 0.15) is 0 Å². The molecule has 0 rings (SSSR count). The van der Waals surface area contributed by atoms with Crippen molar-refractivity contribution in [1.82, 2.24) is 0 Å². The Bertz CT molecular complexity index is 280. The fourth-order valence-electron chi connectivity index (χ4n) is 0.345. The van der Waals surface area contributed by atoms with E-state index in [4.69, 9.17) is 0 Å². The summed E-state index contributed by atoms with van der Waals surface area (Å²) in [6.07, 6.45) is 3.94. The molecule has 0 amide bonds. The first-order chi connectivity index (χ1) is 5.13. The predicted octanol–water partition coefficient (Wildman–Crippen LogP) is 2.40. The van der Waals surface area contributed by atoms with Gasteiger partial charge in [-0.2, -0.15) is 0 Å². The summed E-state index contributed by atoms with van der Waals surface area (Å²) in [6, 6.07) is 0. The van der Waals surface area contributed by atoms with Crippen LogP contribution in [0.15, 0.2) is 24.0 Å². The molecule has 6 heteroatoms. The molecule has 11 heavy (non-hydrogen) atoms. The van der Waals surface area contributed by atoms with Crippen LogP contribution >= 0.6 is 15.4 Å². The van der Waals surface area contributed by atoms with E-state index < -0.39 is 15.4 Å². The van der Waals surface area contributed by atoms with Crippen LogP contribution in [0.1, 0.15) is 0 Å². The average molecular weight is 192 g/mol. The molecule has 0 aromatic heterocycles. The average Bonchev–Trinajstić information content (AvgIpc) is 1.85. The molecule has 0 unspecified atom stereocenters. The first-order valence-corrected chi connectivity index (χ1v) is 5.32. The van der Waals surface area contributed by atoms with Gasteiger partial charge in [0.25, 0.3) is 0 Å². The Kier molecular flexibility index (Phi) is 5.63. The summed E-state index contributed by atoms with van der Waals surface area (Å²) >= 11 is 0. The van der Waals surface area contributed by atoms with E-state index in [1.54, 1.807) is 0 Å². The van der Waals surface area contributed by atoms with E-state index in [1.807, 2.05) is 0 Å². The van der Waals surface area contributed by atoms with Crippen molar-refractivity contribution >= 4 is 15.4 Å². The Morgan fingerprint density at radius 1 is 1.00 bits per heavy atom. The highest BCUT2D eigenvalue weighted by atomic mass is 31.1. The molecule has 0 saturated heterocycles. The Morgan fingerprint density at radius 2 is 1.64 bits per heavy atom. The lowest BCUT2D eigenvalue weighted by Gasteiger charge is -1.70. The van der Waals surface area contributed by atoms with Gasteiger partial charge in [-0.25, -0.2) is 18.3 Å². The molecule has 0 aliphatic carbocycles. The number of hydrogen-bond acceptors (Lipinski definition) is 4. The van der Waals surface area contributed by atoms with Gasteiger partial charge >= 0.3 is 15.4 Å². The summed E-state index contributed by atoms with van der Waals surface area (Å²) in [5.41, 5.74) is 0. The minimum absolute atomic E-state index is 0.0602. The van der Waals surface area contributed by atoms with Crippen molar-refractivity contribution < 1.29 is 18.3 Å². The Hall–Kier alpha value is -0.720. The first kappa shape index (κ1) is 10.3. The van der Waals surface area contributed by atoms with E-state index in [2.05, 4.69) is 0 Å². The summed E-state index contributed by atoms with van der Waals surface area (Å²) in [4.78, 5) is 0. The van der Waals surface area contributed by atoms with Crippen LogP contribution in [0.5, 0.6) is 0 Å². The molecule has 0 N–H and O–H groups in total. The third-order valence-electron chi connectivity index (χ3n) is 0.709. The topological polar surface area (TPSA) is 68.3 Å². The fourth-order valence-corrected chi connectivity index (χ4v) is 0.879. The first-order valence-electron chi connectivity index (χ1n) is 2.71. The lowest BCUT2D eigenvalue weighted by atomic mass is 10.5. The molecule has 0 aromatic carbocycles. The molecule has 0 saturated carbocycles. The highest BCUT2D eigenvalue weighted by Gasteiger charge is 1.81. The van der Waals surface area contributed by atoms with Crippen LogP contribution in [0.25, 0.3) is 0 Å². The lowest BCUT2D eigenvalue weighted by Crippen LogP contribution is -1.58. The third kappa shape index (κ3) is 9.28. The monoisotopic (exact) mass is 192 g/mol. The summed E-state index contributed by atoms with van der Waals surface area (Å²) in [5.74, 6) is 0.962. The molecule has 0 fully saturated rings. The molecule has 4 nitrogen and oxygen atoms in total. The zero-order valence-corrected chi connectivity index (χ0v) is 7.33. The SMILES string of the molecule is O=P(=O)C=CC=CCP(=O)=O. The lowest BCUT2D eigenvalue weighted by molar-refractivity contribution is 0.517. The van der Waals surface area contributed by atoms with Crippen molar-refractivity contribution in [2.45, 2.75) is 0 Å². The van der Waals surface area contributed by atoms with Crippen molar-refractivity contribution in [2.24, 2.45) is 0 Å². The summed E-state index contributed by atoms with van der Waals surface area (Å²) in [5, 5.41) is 0. The minimum atomic E-state index is -2.52. The second kappa shape index (κ2) is 6.02. The Labute approximate surface area is 64.6 Å². The van der Waals surface area contributed by atoms with Crippen molar-refractivity contribution in [3.8, 4) is 0 Å². The Morgan fingerprint density at radius 3 is 2.09 bits per heavy atom. The Balaban J connectivity index is 3.78. The van der Waals surface area contributed by atoms with Gasteiger partial charge in [-0.05, 0) is 0 Å². The molecule has 60 valence electrons. The molecular weight excluding hydrogens is 186 g/mol. The van der Waals surface area contributed by atoms with E-state index >= 15 is 0 Å². The summed E-state index contributed by atoms with van der Waals surface area (Å²) < 4.78 is 39.7. The predicted molar refractivity (Wildman–Crippen MR) is 39.7 cm³/mol. The van der Waals surface area contributed by atoms with Gasteiger partial charge in [-0.3, -0.25) is 0 Å². The van der Waals surface area contributed by atoms with Gasteiger partial charge in [0.15, 0.2) is 0 Å². The van der Waals surface area contributed by atoms with E-state index in [0.29, 0.717) is 0 Å². The highest BCUT2D eigenvalue weighted by Crippen LogP contribution is 2.05. The van der Waals surface area contributed by atoms with Gasteiger partial charge in [0.05, 0.1) is 6.16 Å². The van der Waals surface area contributed by atoms with Crippen LogP contribution in [0.2, 0.25) is 0 Å². The van der Waals surface area contributed by atoms with Crippen LogP contribution in [-0.4, -0.2) is 6.16 Å². The summed E-state index contributed by atoms with van der Waals surface area (Å²) in [6.45, 7) is 0. The molecule has 0 atom stereocenters. The van der Waals surface area contributed by atoms with Crippen LogP contribution in [0.4, 0.5) is 0 Å². The van der Waals surface area contributed by atoms with Gasteiger partial charge in [0.2, 0.25) is 0 Å². The minimum Gasteiger partial charge on any atom is -0.237 e. The van der Waals surface area contributed by atoms with E-state index in [1.165, 1.54) is 18.2 Å². The number of hydrogen-bond donors (Lipinski definition) is 0. The van der Waals surface area contributed by atoms with E-state index in [0.717, 1.165) is 5.82 Å². The van der Waals surface area contributed by atoms with Crippen LogP contribution in [0, 0.1) is 0 Å². The van der Waals surface area contributed by atoms with Gasteiger partial charge in [-0.1, -0.05) is 18.2 Å². The van der Waals surface area contributed by atoms with Crippen LogP contribution in [0.3, 0.4) is 0 Å². The van der Waals surface area contributed by atoms with E-state index in [9.17, 15) is 18.3 Å². The molecule has 0 radical (unpaired) electrons. The fraction of sp³-hybridized carbons (Fsp3) is 0.200. The van der Waals surface area contributed by atoms with Crippen molar-refractivity contribution in [3.05, 3.63) is 24.0 Å². The number of rotatable bonds is 4. The molecule has 0 spiro atoms. The molecule has 0 aliphatic heterocycles. The largest absolute Gasteiger partial charge is 0.341 e. The third-order valence-corrected chi connectivity index (χ3v) is 1.63. The standard InChI is InChI=1S/C5H6O4P2/c6-10(7)4-2-1-3-5-11(8)9/h1-4H,5H2. The quantitative estimate of drug-likeness (QED) is 0.506. The summed E-state index contributed by atoms with van der Waals surface area (Å²) in [7, 11) is -4.92. The van der Waals surface area contributed by atoms with Gasteiger partial charge in [-0.15, -0.1) is 0 Å². The zero-order valence-electron chi connectivity index (χ0n) is 5.54. The highest BCUT2D eigenvalue weighted by molar-refractivity contribution is 7.34. The molecular formula is C5H6O4P2. The van der Waals surface area contributed by atoms with Gasteiger partial charge in [0, 0.05) is 5.82 Å². The van der Waals surface area contributed by atoms with E-state index in [-0.39, 0.29) is 6.16 Å². The van der Waals surface area contributed by atoms with Gasteiger partial charge < -0.3 is 0 Å². The van der Waals surface area contributed by atoms with Crippen molar-refractivity contribution in [2.75, 3.05) is 6.16 Å². The molecule has 0 aliphatic rings. The number of allylic oxidation sites excluding steroid dienone is 3.